The van der Waals surface area contributed by atoms with Crippen molar-refractivity contribution in [1.29, 1.82) is 0 Å². The van der Waals surface area contributed by atoms with Gasteiger partial charge in [-0.05, 0) is 31.9 Å². The van der Waals surface area contributed by atoms with Gasteiger partial charge in [0.1, 0.15) is 12.7 Å². The minimum atomic E-state index is -0.0123. The van der Waals surface area contributed by atoms with Gasteiger partial charge in [-0.25, -0.2) is 9.97 Å². The van der Waals surface area contributed by atoms with Crippen LogP contribution in [0.5, 0.6) is 0 Å². The molecule has 2 aromatic heterocycles. The van der Waals surface area contributed by atoms with E-state index in [0.717, 1.165) is 37.0 Å². The highest BCUT2D eigenvalue weighted by atomic mass is 16.1. The van der Waals surface area contributed by atoms with Crippen LogP contribution in [0.1, 0.15) is 19.8 Å². The molecule has 7 nitrogen and oxygen atoms in total. The third kappa shape index (κ3) is 2.46. The van der Waals surface area contributed by atoms with Crippen molar-refractivity contribution in [3.8, 4) is 0 Å². The van der Waals surface area contributed by atoms with E-state index in [9.17, 15) is 4.79 Å². The molecule has 1 fully saturated rings. The van der Waals surface area contributed by atoms with Crippen molar-refractivity contribution in [2.45, 2.75) is 38.9 Å². The molecule has 0 amide bonds. The van der Waals surface area contributed by atoms with Crippen LogP contribution in [0.2, 0.25) is 0 Å². The summed E-state index contributed by atoms with van der Waals surface area (Å²) in [5, 5.41) is 4.19. The van der Waals surface area contributed by atoms with E-state index in [2.05, 4.69) is 15.0 Å². The van der Waals surface area contributed by atoms with Gasteiger partial charge in [0.25, 0.3) is 5.56 Å². The molecule has 4 rings (SSSR count). The Hall–Kier alpha value is -2.70. The van der Waals surface area contributed by atoms with Crippen molar-refractivity contribution in [2.75, 3.05) is 11.4 Å². The first-order chi connectivity index (χ1) is 11.8. The molecule has 1 aromatic carbocycles. The Kier molecular flexibility index (Phi) is 3.76. The number of benzene rings is 1. The normalized spacial score (nSPS) is 17.7. The Morgan fingerprint density at radius 2 is 2.17 bits per heavy atom. The fourth-order valence-electron chi connectivity index (χ4n) is 3.53. The van der Waals surface area contributed by atoms with Gasteiger partial charge in [0.15, 0.2) is 5.82 Å². The lowest BCUT2D eigenvalue weighted by Crippen LogP contribution is -2.39. The zero-order valence-electron chi connectivity index (χ0n) is 13.7. The van der Waals surface area contributed by atoms with Crippen molar-refractivity contribution in [1.82, 2.24) is 24.3 Å². The first kappa shape index (κ1) is 14.9. The highest BCUT2D eigenvalue weighted by molar-refractivity contribution is 5.76. The van der Waals surface area contributed by atoms with Gasteiger partial charge in [-0.15, -0.1) is 0 Å². The number of hydrogen-bond acceptors (Lipinski definition) is 5. The molecule has 3 aromatic rings. The molecule has 1 aliphatic heterocycles. The summed E-state index contributed by atoms with van der Waals surface area (Å²) >= 11 is 0. The molecular weight excluding hydrogens is 304 g/mol. The number of fused-ring (bicyclic) bond motifs is 1. The maximum Gasteiger partial charge on any atom is 0.294 e. The van der Waals surface area contributed by atoms with Crippen molar-refractivity contribution in [3.05, 3.63) is 47.3 Å². The molecule has 3 heterocycles. The number of nitrogens with zero attached hydrogens (tertiary/aromatic N) is 6. The van der Waals surface area contributed by atoms with E-state index in [0.29, 0.717) is 12.4 Å². The first-order valence-corrected chi connectivity index (χ1v) is 8.36. The van der Waals surface area contributed by atoms with Gasteiger partial charge in [-0.2, -0.15) is 5.10 Å². The second-order valence-corrected chi connectivity index (χ2v) is 6.08. The Morgan fingerprint density at radius 3 is 2.96 bits per heavy atom. The predicted molar refractivity (Wildman–Crippen MR) is 92.1 cm³/mol. The summed E-state index contributed by atoms with van der Waals surface area (Å²) in [4.78, 5) is 23.8. The Bertz CT molecular complexity index is 901. The minimum Gasteiger partial charge on any atom is -0.347 e. The molecule has 1 saturated heterocycles. The van der Waals surface area contributed by atoms with Gasteiger partial charge in [-0.3, -0.25) is 9.48 Å². The van der Waals surface area contributed by atoms with Crippen LogP contribution in [-0.4, -0.2) is 36.9 Å². The SMILES string of the molecule is CCn1c(=O)c(N2CCC[C@@H]2Cn2cncn2)nc2ccccc21. The molecule has 124 valence electrons. The van der Waals surface area contributed by atoms with Gasteiger partial charge < -0.3 is 9.47 Å². The lowest BCUT2D eigenvalue weighted by atomic mass is 10.2. The molecule has 0 spiro atoms. The number of para-hydroxylation sites is 2. The first-order valence-electron chi connectivity index (χ1n) is 8.36. The van der Waals surface area contributed by atoms with Crippen LogP contribution >= 0.6 is 0 Å². The van der Waals surface area contributed by atoms with Crippen LogP contribution in [0, 0.1) is 0 Å². The molecule has 0 radical (unpaired) electrons. The Labute approximate surface area is 139 Å². The summed E-state index contributed by atoms with van der Waals surface area (Å²) in [5.41, 5.74) is 1.74. The maximum atomic E-state index is 13.0. The van der Waals surface area contributed by atoms with Crippen LogP contribution in [0.15, 0.2) is 41.7 Å². The van der Waals surface area contributed by atoms with Gasteiger partial charge in [-0.1, -0.05) is 12.1 Å². The van der Waals surface area contributed by atoms with Crippen LogP contribution in [0.3, 0.4) is 0 Å². The van der Waals surface area contributed by atoms with Crippen LogP contribution in [-0.2, 0) is 13.1 Å². The van der Waals surface area contributed by atoms with Crippen molar-refractivity contribution in [2.24, 2.45) is 0 Å². The zero-order valence-corrected chi connectivity index (χ0v) is 13.7. The van der Waals surface area contributed by atoms with E-state index >= 15 is 0 Å². The Morgan fingerprint density at radius 1 is 1.29 bits per heavy atom. The summed E-state index contributed by atoms with van der Waals surface area (Å²) in [6.07, 6.45) is 5.34. The maximum absolute atomic E-state index is 13.0. The second-order valence-electron chi connectivity index (χ2n) is 6.08. The highest BCUT2D eigenvalue weighted by Gasteiger charge is 2.29. The number of rotatable bonds is 4. The van der Waals surface area contributed by atoms with E-state index in [1.165, 1.54) is 6.33 Å². The molecule has 0 N–H and O–H groups in total. The molecule has 0 unspecified atom stereocenters. The average Bonchev–Trinajstić information content (AvgIpc) is 3.27. The fraction of sp³-hybridized carbons (Fsp3) is 0.412. The molecule has 0 saturated carbocycles. The summed E-state index contributed by atoms with van der Waals surface area (Å²) in [5.74, 6) is 0.554. The van der Waals surface area contributed by atoms with Gasteiger partial charge in [0, 0.05) is 13.1 Å². The largest absolute Gasteiger partial charge is 0.347 e. The smallest absolute Gasteiger partial charge is 0.294 e. The molecule has 1 aliphatic rings. The minimum absolute atomic E-state index is 0.0123. The number of anilines is 1. The van der Waals surface area contributed by atoms with Crippen LogP contribution < -0.4 is 10.5 Å². The van der Waals surface area contributed by atoms with Crippen LogP contribution in [0.4, 0.5) is 5.82 Å². The molecule has 0 bridgehead atoms. The average molecular weight is 324 g/mol. The molecule has 7 heteroatoms. The van der Waals surface area contributed by atoms with Gasteiger partial charge >= 0.3 is 0 Å². The summed E-state index contributed by atoms with van der Waals surface area (Å²) in [6.45, 7) is 4.20. The lowest BCUT2D eigenvalue weighted by molar-refractivity contribution is 0.505. The summed E-state index contributed by atoms with van der Waals surface area (Å²) in [7, 11) is 0. The lowest BCUT2D eigenvalue weighted by Gasteiger charge is -2.26. The number of aryl methyl sites for hydroxylation is 1. The van der Waals surface area contributed by atoms with E-state index in [4.69, 9.17) is 4.98 Å². The Balaban J connectivity index is 1.77. The molecule has 24 heavy (non-hydrogen) atoms. The summed E-state index contributed by atoms with van der Waals surface area (Å²) < 4.78 is 3.63. The predicted octanol–water partition coefficient (Wildman–Crippen LogP) is 1.68. The standard InChI is InChI=1S/C17H20N6O/c1-2-22-15-8-4-3-7-14(15)20-16(17(22)24)23-9-5-6-13(23)10-21-12-18-11-19-21/h3-4,7-8,11-13H,2,5-6,9-10H2,1H3/t13-/m1/s1. The third-order valence-electron chi connectivity index (χ3n) is 4.67. The number of hydrogen-bond donors (Lipinski definition) is 0. The molecule has 1 atom stereocenters. The monoisotopic (exact) mass is 324 g/mol. The van der Waals surface area contributed by atoms with Crippen molar-refractivity contribution < 1.29 is 0 Å². The fourth-order valence-corrected chi connectivity index (χ4v) is 3.53. The quantitative estimate of drug-likeness (QED) is 0.730. The summed E-state index contributed by atoms with van der Waals surface area (Å²) in [6, 6.07) is 8.04. The van der Waals surface area contributed by atoms with Gasteiger partial charge in [0.2, 0.25) is 0 Å². The van der Waals surface area contributed by atoms with Crippen molar-refractivity contribution in [3.63, 3.8) is 0 Å². The second kappa shape index (κ2) is 6.07. The van der Waals surface area contributed by atoms with Crippen molar-refractivity contribution >= 4 is 16.9 Å². The zero-order chi connectivity index (χ0) is 16.5. The van der Waals surface area contributed by atoms with E-state index in [-0.39, 0.29) is 11.6 Å². The van der Waals surface area contributed by atoms with E-state index in [1.807, 2.05) is 40.4 Å². The highest BCUT2D eigenvalue weighted by Crippen LogP contribution is 2.24. The third-order valence-corrected chi connectivity index (χ3v) is 4.67. The molecule has 0 aliphatic carbocycles. The van der Waals surface area contributed by atoms with Crippen LogP contribution in [0.25, 0.3) is 11.0 Å². The van der Waals surface area contributed by atoms with E-state index < -0.39 is 0 Å². The molecular formula is C17H20N6O. The number of aromatic nitrogens is 5. The van der Waals surface area contributed by atoms with Gasteiger partial charge in [0.05, 0.1) is 23.6 Å². The van der Waals surface area contributed by atoms with E-state index in [1.54, 1.807) is 6.33 Å². The topological polar surface area (TPSA) is 68.8 Å².